The molecule has 0 aliphatic heterocycles. The van der Waals surface area contributed by atoms with Crippen molar-refractivity contribution in [2.75, 3.05) is 0 Å². The first kappa shape index (κ1) is 11.7. The Morgan fingerprint density at radius 2 is 1.77 bits per heavy atom. The summed E-state index contributed by atoms with van der Waals surface area (Å²) < 4.78 is 0. The van der Waals surface area contributed by atoms with Crippen LogP contribution in [0.15, 0.2) is 0 Å². The van der Waals surface area contributed by atoms with Gasteiger partial charge in [-0.05, 0) is 27.7 Å². The van der Waals surface area contributed by atoms with Gasteiger partial charge in [-0.1, -0.05) is 0 Å². The Morgan fingerprint density at radius 1 is 1.31 bits per heavy atom. The monoisotopic (exact) mass is 187 g/mol. The molecule has 0 spiro atoms. The highest BCUT2D eigenvalue weighted by atomic mass is 16.2. The molecule has 5 heteroatoms. The second-order valence-corrected chi connectivity index (χ2v) is 3.97. The van der Waals surface area contributed by atoms with Crippen LogP contribution in [0.1, 0.15) is 27.7 Å². The zero-order valence-corrected chi connectivity index (χ0v) is 8.47. The van der Waals surface area contributed by atoms with Crippen molar-refractivity contribution in [3.8, 4) is 0 Å². The quantitative estimate of drug-likeness (QED) is 0.566. The van der Waals surface area contributed by atoms with Gasteiger partial charge in [0.2, 0.25) is 5.91 Å². The third-order valence-electron chi connectivity index (χ3n) is 1.26. The number of hydrogen-bond acceptors (Lipinski definition) is 2. The molecule has 0 saturated heterocycles. The SMILES string of the molecule is CC(NC(=O)NC(C)(C)C)C(N)=O. The second kappa shape index (κ2) is 4.11. The van der Waals surface area contributed by atoms with Crippen molar-refractivity contribution in [3.05, 3.63) is 0 Å². The number of rotatable bonds is 2. The number of urea groups is 1. The van der Waals surface area contributed by atoms with Crippen LogP contribution < -0.4 is 16.4 Å². The lowest BCUT2D eigenvalue weighted by Gasteiger charge is -2.21. The Balaban J connectivity index is 3.96. The molecule has 0 aliphatic rings. The molecule has 5 nitrogen and oxygen atoms in total. The summed E-state index contributed by atoms with van der Waals surface area (Å²) in [6, 6.07) is -1.04. The zero-order chi connectivity index (χ0) is 10.6. The summed E-state index contributed by atoms with van der Waals surface area (Å²) >= 11 is 0. The van der Waals surface area contributed by atoms with Crippen molar-refractivity contribution in [2.45, 2.75) is 39.3 Å². The number of carbonyl (C=O) groups excluding carboxylic acids is 2. The normalized spacial score (nSPS) is 13.2. The van der Waals surface area contributed by atoms with E-state index in [4.69, 9.17) is 5.73 Å². The highest BCUT2D eigenvalue weighted by Crippen LogP contribution is 1.97. The van der Waals surface area contributed by atoms with E-state index >= 15 is 0 Å². The second-order valence-electron chi connectivity index (χ2n) is 3.97. The van der Waals surface area contributed by atoms with Gasteiger partial charge in [0.05, 0.1) is 0 Å². The molecule has 0 radical (unpaired) electrons. The van der Waals surface area contributed by atoms with E-state index in [0.717, 1.165) is 0 Å². The van der Waals surface area contributed by atoms with Crippen molar-refractivity contribution in [1.29, 1.82) is 0 Å². The molecular weight excluding hydrogens is 170 g/mol. The highest BCUT2D eigenvalue weighted by Gasteiger charge is 2.16. The molecular formula is C8H17N3O2. The molecule has 0 heterocycles. The first-order valence-corrected chi connectivity index (χ1v) is 4.10. The summed E-state index contributed by atoms with van der Waals surface area (Å²) in [6.07, 6.45) is 0. The molecule has 0 aliphatic carbocycles. The number of hydrogen-bond donors (Lipinski definition) is 3. The van der Waals surface area contributed by atoms with Gasteiger partial charge in [-0.15, -0.1) is 0 Å². The summed E-state index contributed by atoms with van der Waals surface area (Å²) in [5, 5.41) is 5.06. The van der Waals surface area contributed by atoms with Crippen LogP contribution in [0.25, 0.3) is 0 Å². The summed E-state index contributed by atoms with van der Waals surface area (Å²) in [4.78, 5) is 21.7. The molecule has 76 valence electrons. The van der Waals surface area contributed by atoms with E-state index in [1.54, 1.807) is 0 Å². The van der Waals surface area contributed by atoms with Gasteiger partial charge >= 0.3 is 6.03 Å². The van der Waals surface area contributed by atoms with Crippen LogP contribution in [0.4, 0.5) is 4.79 Å². The van der Waals surface area contributed by atoms with E-state index in [-0.39, 0.29) is 11.6 Å². The van der Waals surface area contributed by atoms with Crippen molar-refractivity contribution in [2.24, 2.45) is 5.73 Å². The molecule has 0 saturated carbocycles. The van der Waals surface area contributed by atoms with Crippen molar-refractivity contribution in [3.63, 3.8) is 0 Å². The van der Waals surface area contributed by atoms with Gasteiger partial charge in [-0.3, -0.25) is 4.79 Å². The average molecular weight is 187 g/mol. The standard InChI is InChI=1S/C8H17N3O2/c1-5(6(9)12)10-7(13)11-8(2,3)4/h5H,1-4H3,(H2,9,12)(H2,10,11,13). The number of nitrogens with one attached hydrogen (secondary N) is 2. The average Bonchev–Trinajstić information content (AvgIpc) is 1.81. The Bertz CT molecular complexity index is 208. The van der Waals surface area contributed by atoms with E-state index in [1.807, 2.05) is 20.8 Å². The van der Waals surface area contributed by atoms with E-state index in [1.165, 1.54) is 6.92 Å². The first-order chi connectivity index (χ1) is 5.72. The van der Waals surface area contributed by atoms with Crippen LogP contribution in [0.2, 0.25) is 0 Å². The van der Waals surface area contributed by atoms with E-state index in [9.17, 15) is 9.59 Å². The highest BCUT2D eigenvalue weighted by molar-refractivity contribution is 5.85. The van der Waals surface area contributed by atoms with Gasteiger partial charge in [0.1, 0.15) is 6.04 Å². The lowest BCUT2D eigenvalue weighted by Crippen LogP contribution is -2.51. The fourth-order valence-electron chi connectivity index (χ4n) is 0.644. The molecule has 1 unspecified atom stereocenters. The van der Waals surface area contributed by atoms with Gasteiger partial charge in [-0.25, -0.2) is 4.79 Å². The molecule has 0 aromatic heterocycles. The maximum absolute atomic E-state index is 11.1. The number of carbonyl (C=O) groups is 2. The van der Waals surface area contributed by atoms with Crippen LogP contribution in [-0.4, -0.2) is 23.5 Å². The molecule has 0 aromatic rings. The van der Waals surface area contributed by atoms with Gasteiger partial charge in [-0.2, -0.15) is 0 Å². The fourth-order valence-corrected chi connectivity index (χ4v) is 0.644. The van der Waals surface area contributed by atoms with Crippen LogP contribution in [0.3, 0.4) is 0 Å². The first-order valence-electron chi connectivity index (χ1n) is 4.10. The van der Waals surface area contributed by atoms with Gasteiger partial charge in [0.15, 0.2) is 0 Å². The number of amides is 3. The predicted octanol–water partition coefficient (Wildman–Crippen LogP) is -0.0421. The lowest BCUT2D eigenvalue weighted by atomic mass is 10.1. The van der Waals surface area contributed by atoms with Gasteiger partial charge in [0.25, 0.3) is 0 Å². The van der Waals surface area contributed by atoms with Crippen molar-refractivity contribution < 1.29 is 9.59 Å². The Hall–Kier alpha value is -1.26. The molecule has 0 bridgehead atoms. The van der Waals surface area contributed by atoms with Crippen LogP contribution in [0.5, 0.6) is 0 Å². The Morgan fingerprint density at radius 3 is 2.08 bits per heavy atom. The molecule has 3 amide bonds. The molecule has 0 rings (SSSR count). The molecule has 1 atom stereocenters. The number of nitrogens with two attached hydrogens (primary N) is 1. The molecule has 0 fully saturated rings. The van der Waals surface area contributed by atoms with Crippen LogP contribution >= 0.6 is 0 Å². The molecule has 4 N–H and O–H groups in total. The van der Waals surface area contributed by atoms with E-state index in [2.05, 4.69) is 10.6 Å². The minimum Gasteiger partial charge on any atom is -0.368 e. The lowest BCUT2D eigenvalue weighted by molar-refractivity contribution is -0.119. The van der Waals surface area contributed by atoms with Crippen LogP contribution in [0, 0.1) is 0 Å². The Labute approximate surface area is 78.1 Å². The summed E-state index contributed by atoms with van der Waals surface area (Å²) in [7, 11) is 0. The minimum atomic E-state index is -0.651. The Kier molecular flexibility index (Phi) is 3.71. The van der Waals surface area contributed by atoms with E-state index < -0.39 is 11.9 Å². The maximum Gasteiger partial charge on any atom is 0.315 e. The largest absolute Gasteiger partial charge is 0.368 e. The van der Waals surface area contributed by atoms with E-state index in [0.29, 0.717) is 0 Å². The minimum absolute atomic E-state index is 0.318. The van der Waals surface area contributed by atoms with Gasteiger partial charge in [0, 0.05) is 5.54 Å². The summed E-state index contributed by atoms with van der Waals surface area (Å²) in [5.41, 5.74) is 4.65. The fraction of sp³-hybridized carbons (Fsp3) is 0.750. The maximum atomic E-state index is 11.1. The molecule has 0 aromatic carbocycles. The van der Waals surface area contributed by atoms with Gasteiger partial charge < -0.3 is 16.4 Å². The zero-order valence-electron chi connectivity index (χ0n) is 8.47. The summed E-state index contributed by atoms with van der Waals surface area (Å²) in [5.74, 6) is -0.552. The summed E-state index contributed by atoms with van der Waals surface area (Å²) in [6.45, 7) is 7.08. The smallest absolute Gasteiger partial charge is 0.315 e. The number of primary amides is 1. The molecule has 13 heavy (non-hydrogen) atoms. The van der Waals surface area contributed by atoms with Crippen molar-refractivity contribution >= 4 is 11.9 Å². The van der Waals surface area contributed by atoms with Crippen molar-refractivity contribution in [1.82, 2.24) is 10.6 Å². The van der Waals surface area contributed by atoms with Crippen LogP contribution in [-0.2, 0) is 4.79 Å². The third kappa shape index (κ3) is 5.95. The predicted molar refractivity (Wildman–Crippen MR) is 50.1 cm³/mol. The third-order valence-corrected chi connectivity index (χ3v) is 1.26. The topological polar surface area (TPSA) is 84.2 Å².